The number of hydrogen-bond donors (Lipinski definition) is 0. The standard InChI is InChI=1S/C19H25N/c1-13-9-10-16-15-7-6-8-17(15)19(11-4-5-12-19)20(3)18(16)14(13)2/h9-10H,4-8,11-12H2,1-3H3. The number of aryl methyl sites for hydroxylation is 1. The highest BCUT2D eigenvalue weighted by Gasteiger charge is 2.47. The topological polar surface area (TPSA) is 3.24 Å². The van der Waals surface area contributed by atoms with E-state index in [1.165, 1.54) is 61.8 Å². The Morgan fingerprint density at radius 2 is 1.75 bits per heavy atom. The predicted molar refractivity (Wildman–Crippen MR) is 86.3 cm³/mol. The Morgan fingerprint density at radius 3 is 2.50 bits per heavy atom. The van der Waals surface area contributed by atoms with E-state index in [4.69, 9.17) is 0 Å². The summed E-state index contributed by atoms with van der Waals surface area (Å²) in [5.41, 5.74) is 9.89. The lowest BCUT2D eigenvalue weighted by atomic mass is 9.77. The average Bonchev–Trinajstić information content (AvgIpc) is 3.08. The molecule has 4 rings (SSSR count). The van der Waals surface area contributed by atoms with Gasteiger partial charge in [-0.05, 0) is 68.2 Å². The summed E-state index contributed by atoms with van der Waals surface area (Å²) in [5, 5.41) is 0. The SMILES string of the molecule is Cc1ccc2c(c1C)N(C)C1(CCCC1)C1=C2CCC1. The third-order valence-corrected chi connectivity index (χ3v) is 6.21. The zero-order chi connectivity index (χ0) is 13.9. The first kappa shape index (κ1) is 12.5. The van der Waals surface area contributed by atoms with Crippen LogP contribution < -0.4 is 4.90 Å². The first-order chi connectivity index (χ1) is 9.65. The number of allylic oxidation sites excluding steroid dienone is 1. The molecule has 1 aliphatic heterocycles. The molecular formula is C19H25N. The first-order valence-corrected chi connectivity index (χ1v) is 8.22. The van der Waals surface area contributed by atoms with Crippen LogP contribution in [0.25, 0.3) is 5.57 Å². The highest BCUT2D eigenvalue weighted by atomic mass is 15.2. The minimum Gasteiger partial charge on any atom is -0.364 e. The zero-order valence-corrected chi connectivity index (χ0v) is 13.1. The van der Waals surface area contributed by atoms with Crippen LogP contribution in [0.15, 0.2) is 17.7 Å². The van der Waals surface area contributed by atoms with E-state index < -0.39 is 0 Å². The van der Waals surface area contributed by atoms with Gasteiger partial charge in [0.05, 0.1) is 5.54 Å². The normalized spacial score (nSPS) is 23.4. The lowest BCUT2D eigenvalue weighted by Gasteiger charge is -2.47. The van der Waals surface area contributed by atoms with Gasteiger partial charge in [0, 0.05) is 18.3 Å². The van der Waals surface area contributed by atoms with E-state index in [-0.39, 0.29) is 0 Å². The Hall–Kier alpha value is -1.24. The molecule has 1 spiro atoms. The van der Waals surface area contributed by atoms with Gasteiger partial charge < -0.3 is 4.90 Å². The number of fused-ring (bicyclic) bond motifs is 3. The van der Waals surface area contributed by atoms with Crippen molar-refractivity contribution in [3.05, 3.63) is 34.4 Å². The molecule has 1 fully saturated rings. The molecule has 0 saturated heterocycles. The van der Waals surface area contributed by atoms with E-state index in [9.17, 15) is 0 Å². The third-order valence-electron chi connectivity index (χ3n) is 6.21. The van der Waals surface area contributed by atoms with Crippen molar-refractivity contribution in [2.24, 2.45) is 0 Å². The third kappa shape index (κ3) is 1.39. The van der Waals surface area contributed by atoms with Gasteiger partial charge in [-0.25, -0.2) is 0 Å². The Bertz CT molecular complexity index is 602. The van der Waals surface area contributed by atoms with E-state index in [0.29, 0.717) is 5.54 Å². The largest absolute Gasteiger partial charge is 0.364 e. The van der Waals surface area contributed by atoms with Crippen molar-refractivity contribution < 1.29 is 0 Å². The fourth-order valence-electron chi connectivity index (χ4n) is 5.04. The summed E-state index contributed by atoms with van der Waals surface area (Å²) < 4.78 is 0. The molecule has 0 amide bonds. The van der Waals surface area contributed by atoms with Crippen molar-refractivity contribution in [1.82, 2.24) is 0 Å². The van der Waals surface area contributed by atoms with Gasteiger partial charge >= 0.3 is 0 Å². The van der Waals surface area contributed by atoms with Crippen LogP contribution in [0.2, 0.25) is 0 Å². The summed E-state index contributed by atoms with van der Waals surface area (Å²) in [6.07, 6.45) is 9.56. The molecule has 1 aromatic rings. The molecule has 20 heavy (non-hydrogen) atoms. The second-order valence-electron chi connectivity index (χ2n) is 7.01. The molecular weight excluding hydrogens is 242 g/mol. The van der Waals surface area contributed by atoms with Gasteiger partial charge in [-0.2, -0.15) is 0 Å². The predicted octanol–water partition coefficient (Wildman–Crippen LogP) is 5.00. The fraction of sp³-hybridized carbons (Fsp3) is 0.579. The number of hydrogen-bond acceptors (Lipinski definition) is 1. The maximum atomic E-state index is 2.67. The second kappa shape index (κ2) is 4.13. The number of nitrogens with zero attached hydrogens (tertiary/aromatic N) is 1. The number of benzene rings is 1. The highest BCUT2D eigenvalue weighted by molar-refractivity contribution is 5.88. The van der Waals surface area contributed by atoms with Crippen LogP contribution in [0, 0.1) is 13.8 Å². The van der Waals surface area contributed by atoms with Crippen LogP contribution >= 0.6 is 0 Å². The van der Waals surface area contributed by atoms with E-state index in [0.717, 1.165) is 0 Å². The Balaban J connectivity index is 2.01. The van der Waals surface area contributed by atoms with Crippen LogP contribution in [-0.4, -0.2) is 12.6 Å². The average molecular weight is 267 g/mol. The second-order valence-corrected chi connectivity index (χ2v) is 7.01. The van der Waals surface area contributed by atoms with Crippen molar-refractivity contribution >= 4 is 11.3 Å². The van der Waals surface area contributed by atoms with E-state index in [2.05, 4.69) is 37.9 Å². The number of anilines is 1. The van der Waals surface area contributed by atoms with Crippen molar-refractivity contribution in [3.63, 3.8) is 0 Å². The molecule has 0 aromatic heterocycles. The molecule has 1 aromatic carbocycles. The summed E-state index contributed by atoms with van der Waals surface area (Å²) >= 11 is 0. The number of rotatable bonds is 0. The van der Waals surface area contributed by atoms with Gasteiger partial charge in [-0.3, -0.25) is 0 Å². The van der Waals surface area contributed by atoms with Crippen molar-refractivity contribution in [1.29, 1.82) is 0 Å². The maximum absolute atomic E-state index is 2.67. The molecule has 0 unspecified atom stereocenters. The van der Waals surface area contributed by atoms with Crippen LogP contribution in [0.4, 0.5) is 5.69 Å². The van der Waals surface area contributed by atoms with Crippen LogP contribution in [0.1, 0.15) is 61.6 Å². The summed E-state index contributed by atoms with van der Waals surface area (Å²) in [7, 11) is 2.36. The van der Waals surface area contributed by atoms with Crippen LogP contribution in [0.5, 0.6) is 0 Å². The van der Waals surface area contributed by atoms with Crippen LogP contribution in [-0.2, 0) is 0 Å². The Morgan fingerprint density at radius 1 is 1.00 bits per heavy atom. The lowest BCUT2D eigenvalue weighted by molar-refractivity contribution is 0.470. The monoisotopic (exact) mass is 267 g/mol. The Kier molecular flexibility index (Phi) is 2.58. The summed E-state index contributed by atoms with van der Waals surface area (Å²) in [6.45, 7) is 4.57. The summed E-state index contributed by atoms with van der Waals surface area (Å²) in [6, 6.07) is 4.70. The van der Waals surface area contributed by atoms with Crippen molar-refractivity contribution in [3.8, 4) is 0 Å². The van der Waals surface area contributed by atoms with Gasteiger partial charge in [0.1, 0.15) is 0 Å². The molecule has 2 aliphatic carbocycles. The zero-order valence-electron chi connectivity index (χ0n) is 13.1. The van der Waals surface area contributed by atoms with Gasteiger partial charge in [-0.15, -0.1) is 0 Å². The molecule has 0 N–H and O–H groups in total. The van der Waals surface area contributed by atoms with Crippen molar-refractivity contribution in [2.75, 3.05) is 11.9 Å². The molecule has 1 saturated carbocycles. The minimum absolute atomic E-state index is 0.372. The molecule has 106 valence electrons. The fourth-order valence-corrected chi connectivity index (χ4v) is 5.04. The highest BCUT2D eigenvalue weighted by Crippen LogP contribution is 2.56. The van der Waals surface area contributed by atoms with Crippen molar-refractivity contribution in [2.45, 2.75) is 64.3 Å². The molecule has 1 heterocycles. The van der Waals surface area contributed by atoms with Gasteiger partial charge in [0.2, 0.25) is 0 Å². The molecule has 3 aliphatic rings. The quantitative estimate of drug-likeness (QED) is 0.639. The Labute approximate surface area is 122 Å². The smallest absolute Gasteiger partial charge is 0.0616 e. The van der Waals surface area contributed by atoms with E-state index in [1.807, 2.05) is 0 Å². The molecule has 0 atom stereocenters. The minimum atomic E-state index is 0.372. The van der Waals surface area contributed by atoms with Gasteiger partial charge in [0.25, 0.3) is 0 Å². The van der Waals surface area contributed by atoms with Crippen LogP contribution in [0.3, 0.4) is 0 Å². The van der Waals surface area contributed by atoms with Gasteiger partial charge in [-0.1, -0.05) is 25.0 Å². The van der Waals surface area contributed by atoms with E-state index in [1.54, 1.807) is 16.7 Å². The van der Waals surface area contributed by atoms with Gasteiger partial charge in [0.15, 0.2) is 0 Å². The summed E-state index contributed by atoms with van der Waals surface area (Å²) in [4.78, 5) is 2.67. The molecule has 0 bridgehead atoms. The molecule has 0 radical (unpaired) electrons. The first-order valence-electron chi connectivity index (χ1n) is 8.22. The summed E-state index contributed by atoms with van der Waals surface area (Å²) in [5.74, 6) is 0. The molecule has 1 heteroatoms. The lowest BCUT2D eigenvalue weighted by Crippen LogP contribution is -2.48. The maximum Gasteiger partial charge on any atom is 0.0616 e. The van der Waals surface area contributed by atoms with E-state index >= 15 is 0 Å². The molecule has 1 nitrogen and oxygen atoms in total. The number of likely N-dealkylation sites (N-methyl/N-ethyl adjacent to an activating group) is 1.